The van der Waals surface area contributed by atoms with Crippen LogP contribution in [-0.4, -0.2) is 57.3 Å². The normalized spacial score (nSPS) is 26.5. The minimum atomic E-state index is -0.315. The summed E-state index contributed by atoms with van der Waals surface area (Å²) in [7, 11) is 1.54. The van der Waals surface area contributed by atoms with Crippen LogP contribution in [0.2, 0.25) is 0 Å². The van der Waals surface area contributed by atoms with Crippen LogP contribution < -0.4 is 36.4 Å². The molecule has 3 heterocycles. The second-order valence-electron chi connectivity index (χ2n) is 8.88. The maximum Gasteiger partial charge on any atom is 0.252 e. The molecule has 4 unspecified atom stereocenters. The van der Waals surface area contributed by atoms with Crippen molar-refractivity contribution in [3.05, 3.63) is 59.4 Å². The van der Waals surface area contributed by atoms with Crippen molar-refractivity contribution in [1.29, 1.82) is 0 Å². The molecule has 5 rings (SSSR count). The molecule has 3 fully saturated rings. The zero-order valence-corrected chi connectivity index (χ0v) is 18.9. The van der Waals surface area contributed by atoms with E-state index < -0.39 is 0 Å². The van der Waals surface area contributed by atoms with E-state index in [1.165, 1.54) is 13.2 Å². The van der Waals surface area contributed by atoms with Crippen LogP contribution >= 0.6 is 0 Å². The predicted molar refractivity (Wildman–Crippen MR) is 125 cm³/mol. The van der Waals surface area contributed by atoms with E-state index in [1.807, 2.05) is 23.1 Å². The molecular formula is C24H29FN6O3. The van der Waals surface area contributed by atoms with E-state index in [4.69, 9.17) is 4.74 Å². The van der Waals surface area contributed by atoms with Crippen molar-refractivity contribution in [1.82, 2.24) is 26.8 Å². The first-order valence-corrected chi connectivity index (χ1v) is 11.5. The Hall–Kier alpha value is -3.21. The molecule has 3 aliphatic heterocycles. The van der Waals surface area contributed by atoms with Gasteiger partial charge in [-0.3, -0.25) is 15.0 Å². The number of piperazine rings is 1. The molecule has 10 heteroatoms. The molecule has 0 aromatic heterocycles. The summed E-state index contributed by atoms with van der Waals surface area (Å²) in [4.78, 5) is 26.8. The number of hydrazine groups is 1. The third-order valence-corrected chi connectivity index (χ3v) is 6.84. The standard InChI is InChI=1S/C24H29FN6O3/c1-34-20-7-3-6-17(25)22(20)18-11-16-19(12-27-18)29-30-23(16)28-24(33)14-4-2-5-15(10-14)31-9-8-26-21(32)13-31/h2-7,10,16,18-19,23,27,29-30H,8-9,11-13H2,1H3,(H,26,32)(H,28,33). The minimum Gasteiger partial charge on any atom is -0.496 e. The van der Waals surface area contributed by atoms with Crippen LogP contribution in [0.25, 0.3) is 0 Å². The molecule has 9 nitrogen and oxygen atoms in total. The van der Waals surface area contributed by atoms with Crippen LogP contribution in [0.1, 0.15) is 28.4 Å². The maximum absolute atomic E-state index is 14.7. The number of ether oxygens (including phenoxy) is 1. The summed E-state index contributed by atoms with van der Waals surface area (Å²) in [6, 6.07) is 12.0. The number of amides is 2. The molecule has 2 amide bonds. The number of carbonyl (C=O) groups is 2. The first-order chi connectivity index (χ1) is 16.5. The number of hydrogen-bond acceptors (Lipinski definition) is 7. The lowest BCUT2D eigenvalue weighted by Gasteiger charge is -2.35. The van der Waals surface area contributed by atoms with Gasteiger partial charge in [-0.15, -0.1) is 0 Å². The van der Waals surface area contributed by atoms with Gasteiger partial charge in [0.25, 0.3) is 5.91 Å². The zero-order chi connectivity index (χ0) is 23.7. The molecule has 0 saturated carbocycles. The van der Waals surface area contributed by atoms with E-state index >= 15 is 0 Å². The summed E-state index contributed by atoms with van der Waals surface area (Å²) in [5.41, 5.74) is 8.31. The molecule has 0 bridgehead atoms. The Morgan fingerprint density at radius 3 is 2.88 bits per heavy atom. The fourth-order valence-electron chi connectivity index (χ4n) is 5.09. The van der Waals surface area contributed by atoms with E-state index in [0.717, 1.165) is 5.69 Å². The van der Waals surface area contributed by atoms with Gasteiger partial charge in [-0.25, -0.2) is 9.82 Å². The monoisotopic (exact) mass is 468 g/mol. The van der Waals surface area contributed by atoms with Crippen LogP contribution in [0.5, 0.6) is 5.75 Å². The lowest BCUT2D eigenvalue weighted by Crippen LogP contribution is -2.50. The number of hydrogen-bond donors (Lipinski definition) is 5. The summed E-state index contributed by atoms with van der Waals surface area (Å²) >= 11 is 0. The molecule has 0 aliphatic carbocycles. The lowest BCUT2D eigenvalue weighted by atomic mass is 9.84. The van der Waals surface area contributed by atoms with Crippen LogP contribution in [-0.2, 0) is 4.79 Å². The van der Waals surface area contributed by atoms with Gasteiger partial charge in [0.15, 0.2) is 0 Å². The summed E-state index contributed by atoms with van der Waals surface area (Å²) in [5, 5.41) is 9.30. The van der Waals surface area contributed by atoms with Crippen LogP contribution in [0.4, 0.5) is 10.1 Å². The van der Waals surface area contributed by atoms with Gasteiger partial charge in [-0.1, -0.05) is 12.1 Å². The number of piperidine rings is 1. The van der Waals surface area contributed by atoms with Gasteiger partial charge in [0, 0.05) is 54.5 Å². The SMILES string of the molecule is COc1cccc(F)c1C1CC2C(CN1)NNC2NC(=O)c1cccc(N2CCNC(=O)C2)c1. The predicted octanol–water partition coefficient (Wildman–Crippen LogP) is 0.654. The average molecular weight is 469 g/mol. The van der Waals surface area contributed by atoms with Gasteiger partial charge in [0.05, 0.1) is 19.8 Å². The highest BCUT2D eigenvalue weighted by Crippen LogP contribution is 2.36. The van der Waals surface area contributed by atoms with Crippen LogP contribution in [0.15, 0.2) is 42.5 Å². The van der Waals surface area contributed by atoms with Crippen LogP contribution in [0.3, 0.4) is 0 Å². The quantitative estimate of drug-likeness (QED) is 0.439. The van der Waals surface area contributed by atoms with E-state index in [0.29, 0.717) is 42.9 Å². The second-order valence-corrected chi connectivity index (χ2v) is 8.88. The summed E-state index contributed by atoms with van der Waals surface area (Å²) in [6.07, 6.45) is 0.305. The van der Waals surface area contributed by atoms with E-state index in [2.05, 4.69) is 26.8 Å². The molecule has 4 atom stereocenters. The molecular weight excluding hydrogens is 439 g/mol. The molecule has 180 valence electrons. The highest BCUT2D eigenvalue weighted by molar-refractivity contribution is 5.95. The van der Waals surface area contributed by atoms with Crippen molar-refractivity contribution in [2.75, 3.05) is 38.2 Å². The Morgan fingerprint density at radius 2 is 2.06 bits per heavy atom. The van der Waals surface area contributed by atoms with Gasteiger partial charge in [0.2, 0.25) is 5.91 Å². The Labute approximate surface area is 197 Å². The Kier molecular flexibility index (Phi) is 6.36. The van der Waals surface area contributed by atoms with E-state index in [1.54, 1.807) is 18.2 Å². The van der Waals surface area contributed by atoms with Crippen molar-refractivity contribution in [2.24, 2.45) is 5.92 Å². The number of benzene rings is 2. The Balaban J connectivity index is 1.29. The lowest BCUT2D eigenvalue weighted by molar-refractivity contribution is -0.120. The van der Waals surface area contributed by atoms with Crippen molar-refractivity contribution in [3.8, 4) is 5.75 Å². The minimum absolute atomic E-state index is 0.0275. The van der Waals surface area contributed by atoms with E-state index in [9.17, 15) is 14.0 Å². The second kappa shape index (κ2) is 9.57. The summed E-state index contributed by atoms with van der Waals surface area (Å²) in [5.74, 6) is 0.0206. The van der Waals surface area contributed by atoms with Crippen molar-refractivity contribution in [2.45, 2.75) is 24.7 Å². The van der Waals surface area contributed by atoms with E-state index in [-0.39, 0.29) is 48.3 Å². The molecule has 0 spiro atoms. The fraction of sp³-hybridized carbons (Fsp3) is 0.417. The van der Waals surface area contributed by atoms with Gasteiger partial charge in [-0.2, -0.15) is 0 Å². The van der Waals surface area contributed by atoms with Crippen molar-refractivity contribution < 1.29 is 18.7 Å². The molecule has 2 aromatic carbocycles. The largest absolute Gasteiger partial charge is 0.496 e. The molecule has 0 radical (unpaired) electrons. The highest BCUT2D eigenvalue weighted by Gasteiger charge is 2.42. The fourth-order valence-corrected chi connectivity index (χ4v) is 5.09. The van der Waals surface area contributed by atoms with Gasteiger partial charge < -0.3 is 25.6 Å². The first-order valence-electron chi connectivity index (χ1n) is 11.5. The van der Waals surface area contributed by atoms with Gasteiger partial charge in [0.1, 0.15) is 11.6 Å². The van der Waals surface area contributed by atoms with Gasteiger partial charge >= 0.3 is 0 Å². The molecule has 2 aromatic rings. The first kappa shape index (κ1) is 22.6. The van der Waals surface area contributed by atoms with Crippen molar-refractivity contribution >= 4 is 17.5 Å². The number of carbonyl (C=O) groups excluding carboxylic acids is 2. The van der Waals surface area contributed by atoms with Crippen LogP contribution in [0, 0.1) is 11.7 Å². The van der Waals surface area contributed by atoms with Gasteiger partial charge in [-0.05, 0) is 36.8 Å². The Bertz CT molecular complexity index is 1080. The van der Waals surface area contributed by atoms with Crippen molar-refractivity contribution in [3.63, 3.8) is 0 Å². The molecule has 34 heavy (non-hydrogen) atoms. The smallest absolute Gasteiger partial charge is 0.252 e. The third-order valence-electron chi connectivity index (χ3n) is 6.84. The number of anilines is 1. The number of rotatable bonds is 5. The Morgan fingerprint density at radius 1 is 1.21 bits per heavy atom. The number of nitrogens with zero attached hydrogens (tertiary/aromatic N) is 1. The molecule has 3 saturated heterocycles. The highest BCUT2D eigenvalue weighted by atomic mass is 19.1. The number of nitrogens with one attached hydrogen (secondary N) is 5. The third kappa shape index (κ3) is 4.44. The summed E-state index contributed by atoms with van der Waals surface area (Å²) < 4.78 is 20.1. The molecule has 3 aliphatic rings. The molecule has 5 N–H and O–H groups in total. The summed E-state index contributed by atoms with van der Waals surface area (Å²) in [6.45, 7) is 2.18. The topological polar surface area (TPSA) is 107 Å². The number of methoxy groups -OCH3 is 1. The average Bonchev–Trinajstić information content (AvgIpc) is 3.25. The number of fused-ring (bicyclic) bond motifs is 1. The maximum atomic E-state index is 14.7. The zero-order valence-electron chi connectivity index (χ0n) is 18.9. The number of halogens is 1.